The maximum Gasteiger partial charge on any atom is 0.272 e. The van der Waals surface area contributed by atoms with E-state index in [9.17, 15) is 9.59 Å². The van der Waals surface area contributed by atoms with Crippen LogP contribution in [0.25, 0.3) is 10.9 Å². The van der Waals surface area contributed by atoms with Crippen LogP contribution in [-0.4, -0.2) is 62.4 Å². The normalized spacial score (nSPS) is 16.3. The van der Waals surface area contributed by atoms with Crippen molar-refractivity contribution in [2.24, 2.45) is 0 Å². The SMILES string of the molecule is CC(=O)N(CCc1noc(C(C)C)n1)C1CCN(C(=O)c2ccc3ccccc3n2)C1. The Balaban J connectivity index is 1.41. The van der Waals surface area contributed by atoms with Crippen molar-refractivity contribution in [3.05, 3.63) is 53.8 Å². The standard InChI is InChI=1S/C23H27N5O3/c1-15(2)22-25-21(26-31-22)11-13-28(16(3)29)18-10-12-27(14-18)23(30)20-9-8-17-6-4-5-7-19(17)24-20/h4-9,15,18H,10-14H2,1-3H3. The van der Waals surface area contributed by atoms with Gasteiger partial charge in [0.1, 0.15) is 5.69 Å². The van der Waals surface area contributed by atoms with Gasteiger partial charge in [-0.05, 0) is 18.6 Å². The Bertz CT molecular complexity index is 1090. The number of amides is 2. The average Bonchev–Trinajstić information content (AvgIpc) is 3.43. The molecule has 1 unspecified atom stereocenters. The highest BCUT2D eigenvalue weighted by molar-refractivity contribution is 5.95. The summed E-state index contributed by atoms with van der Waals surface area (Å²) in [6, 6.07) is 11.4. The van der Waals surface area contributed by atoms with Gasteiger partial charge in [-0.25, -0.2) is 4.98 Å². The van der Waals surface area contributed by atoms with Crippen LogP contribution in [0.15, 0.2) is 40.9 Å². The Hall–Kier alpha value is -3.29. The molecule has 1 fully saturated rings. The van der Waals surface area contributed by atoms with Crippen molar-refractivity contribution >= 4 is 22.7 Å². The molecule has 3 heterocycles. The van der Waals surface area contributed by atoms with E-state index in [1.165, 1.54) is 0 Å². The van der Waals surface area contributed by atoms with E-state index in [4.69, 9.17) is 4.52 Å². The average molecular weight is 422 g/mol. The number of hydrogen-bond acceptors (Lipinski definition) is 6. The van der Waals surface area contributed by atoms with E-state index in [-0.39, 0.29) is 23.8 Å². The highest BCUT2D eigenvalue weighted by Gasteiger charge is 2.32. The topological polar surface area (TPSA) is 92.4 Å². The third-order valence-corrected chi connectivity index (χ3v) is 5.67. The summed E-state index contributed by atoms with van der Waals surface area (Å²) in [6.45, 7) is 7.14. The fraction of sp³-hybridized carbons (Fsp3) is 0.435. The highest BCUT2D eigenvalue weighted by Crippen LogP contribution is 2.20. The summed E-state index contributed by atoms with van der Waals surface area (Å²) in [7, 11) is 0. The van der Waals surface area contributed by atoms with Gasteiger partial charge in [-0.1, -0.05) is 43.3 Å². The Morgan fingerprint density at radius 3 is 2.74 bits per heavy atom. The van der Waals surface area contributed by atoms with E-state index in [0.717, 1.165) is 17.3 Å². The largest absolute Gasteiger partial charge is 0.339 e. The monoisotopic (exact) mass is 421 g/mol. The van der Waals surface area contributed by atoms with Gasteiger partial charge in [0.25, 0.3) is 5.91 Å². The molecular weight excluding hydrogens is 394 g/mol. The lowest BCUT2D eigenvalue weighted by atomic mass is 10.2. The van der Waals surface area contributed by atoms with Crippen molar-refractivity contribution in [2.45, 2.75) is 45.6 Å². The molecule has 0 aliphatic carbocycles. The van der Waals surface area contributed by atoms with Crippen LogP contribution in [0.1, 0.15) is 55.3 Å². The summed E-state index contributed by atoms with van der Waals surface area (Å²) in [4.78, 5) is 37.8. The number of fused-ring (bicyclic) bond motifs is 1. The zero-order valence-electron chi connectivity index (χ0n) is 18.1. The zero-order valence-corrected chi connectivity index (χ0v) is 18.1. The molecule has 0 N–H and O–H groups in total. The first-order chi connectivity index (χ1) is 14.9. The molecule has 0 spiro atoms. The minimum Gasteiger partial charge on any atom is -0.339 e. The lowest BCUT2D eigenvalue weighted by Crippen LogP contribution is -2.42. The van der Waals surface area contributed by atoms with Gasteiger partial charge in [-0.2, -0.15) is 4.98 Å². The van der Waals surface area contributed by atoms with Gasteiger partial charge in [0, 0.05) is 44.3 Å². The lowest BCUT2D eigenvalue weighted by Gasteiger charge is -2.27. The molecule has 1 saturated heterocycles. The molecule has 1 atom stereocenters. The van der Waals surface area contributed by atoms with Gasteiger partial charge in [0.05, 0.1) is 11.6 Å². The number of nitrogens with zero attached hydrogens (tertiary/aromatic N) is 5. The Kier molecular flexibility index (Phi) is 5.97. The fourth-order valence-corrected chi connectivity index (χ4v) is 3.95. The third kappa shape index (κ3) is 4.57. The predicted molar refractivity (Wildman–Crippen MR) is 116 cm³/mol. The number of hydrogen-bond donors (Lipinski definition) is 0. The van der Waals surface area contributed by atoms with Gasteiger partial charge in [-0.15, -0.1) is 0 Å². The Morgan fingerprint density at radius 1 is 1.19 bits per heavy atom. The van der Waals surface area contributed by atoms with Crippen molar-refractivity contribution in [2.75, 3.05) is 19.6 Å². The molecule has 8 heteroatoms. The van der Waals surface area contributed by atoms with E-state index in [1.807, 2.05) is 49.1 Å². The second-order valence-corrected chi connectivity index (χ2v) is 8.25. The van der Waals surface area contributed by atoms with E-state index >= 15 is 0 Å². The van der Waals surface area contributed by atoms with Crippen LogP contribution >= 0.6 is 0 Å². The van der Waals surface area contributed by atoms with E-state index in [2.05, 4.69) is 15.1 Å². The summed E-state index contributed by atoms with van der Waals surface area (Å²) in [5.74, 6) is 1.25. The molecule has 0 bridgehead atoms. The van der Waals surface area contributed by atoms with Crippen LogP contribution in [0.2, 0.25) is 0 Å². The summed E-state index contributed by atoms with van der Waals surface area (Å²) in [5.41, 5.74) is 1.23. The number of likely N-dealkylation sites (tertiary alicyclic amines) is 1. The van der Waals surface area contributed by atoms with Gasteiger partial charge in [0.2, 0.25) is 11.8 Å². The third-order valence-electron chi connectivity index (χ3n) is 5.67. The van der Waals surface area contributed by atoms with Crippen molar-refractivity contribution in [3.63, 3.8) is 0 Å². The van der Waals surface area contributed by atoms with E-state index < -0.39 is 0 Å². The van der Waals surface area contributed by atoms with Crippen LogP contribution in [0.4, 0.5) is 0 Å². The van der Waals surface area contributed by atoms with E-state index in [0.29, 0.717) is 43.5 Å². The number of carbonyl (C=O) groups is 2. The van der Waals surface area contributed by atoms with Crippen molar-refractivity contribution in [1.82, 2.24) is 24.9 Å². The minimum absolute atomic E-state index is 0.0179. The maximum atomic E-state index is 13.0. The minimum atomic E-state index is -0.100. The number of carbonyl (C=O) groups excluding carboxylic acids is 2. The van der Waals surface area contributed by atoms with Crippen molar-refractivity contribution in [1.29, 1.82) is 0 Å². The number of benzene rings is 1. The molecule has 1 aliphatic rings. The predicted octanol–water partition coefficient (Wildman–Crippen LogP) is 3.05. The number of para-hydroxylation sites is 1. The van der Waals surface area contributed by atoms with Crippen LogP contribution < -0.4 is 0 Å². The second-order valence-electron chi connectivity index (χ2n) is 8.25. The van der Waals surface area contributed by atoms with Crippen LogP contribution in [-0.2, 0) is 11.2 Å². The first-order valence-corrected chi connectivity index (χ1v) is 10.7. The molecule has 0 saturated carbocycles. The molecule has 31 heavy (non-hydrogen) atoms. The smallest absolute Gasteiger partial charge is 0.272 e. The summed E-state index contributed by atoms with van der Waals surface area (Å²) in [5, 5.41) is 5.01. The van der Waals surface area contributed by atoms with Gasteiger partial charge >= 0.3 is 0 Å². The summed E-state index contributed by atoms with van der Waals surface area (Å²) >= 11 is 0. The van der Waals surface area contributed by atoms with Crippen LogP contribution in [0.3, 0.4) is 0 Å². The number of rotatable bonds is 6. The summed E-state index contributed by atoms with van der Waals surface area (Å²) in [6.07, 6.45) is 1.26. The molecule has 162 valence electrons. The first kappa shape index (κ1) is 21.0. The molecule has 0 radical (unpaired) electrons. The Morgan fingerprint density at radius 2 is 2.00 bits per heavy atom. The molecule has 1 aromatic carbocycles. The zero-order chi connectivity index (χ0) is 22.0. The quantitative estimate of drug-likeness (QED) is 0.607. The molecule has 3 aromatic rings. The van der Waals surface area contributed by atoms with Gasteiger partial charge in [0.15, 0.2) is 5.82 Å². The van der Waals surface area contributed by atoms with Crippen molar-refractivity contribution in [3.8, 4) is 0 Å². The molecular formula is C23H27N5O3. The summed E-state index contributed by atoms with van der Waals surface area (Å²) < 4.78 is 5.25. The van der Waals surface area contributed by atoms with E-state index in [1.54, 1.807) is 17.9 Å². The highest BCUT2D eigenvalue weighted by atomic mass is 16.5. The molecule has 8 nitrogen and oxygen atoms in total. The first-order valence-electron chi connectivity index (χ1n) is 10.7. The second kappa shape index (κ2) is 8.83. The van der Waals surface area contributed by atoms with Gasteiger partial charge < -0.3 is 14.3 Å². The molecule has 2 amide bonds. The van der Waals surface area contributed by atoms with Crippen LogP contribution in [0.5, 0.6) is 0 Å². The van der Waals surface area contributed by atoms with Gasteiger partial charge in [-0.3, -0.25) is 9.59 Å². The van der Waals surface area contributed by atoms with Crippen LogP contribution in [0, 0.1) is 0 Å². The molecule has 1 aliphatic heterocycles. The number of aromatic nitrogens is 3. The fourth-order valence-electron chi connectivity index (χ4n) is 3.95. The van der Waals surface area contributed by atoms with Crippen molar-refractivity contribution < 1.29 is 14.1 Å². The molecule has 2 aromatic heterocycles. The molecule has 4 rings (SSSR count). The Labute approximate surface area is 181 Å². The number of pyridine rings is 1. The lowest BCUT2D eigenvalue weighted by molar-refractivity contribution is -0.130. The maximum absolute atomic E-state index is 13.0.